The number of thioether (sulfide) groups is 1. The number of aryl methyl sites for hydroxylation is 1. The molecule has 0 unspecified atom stereocenters. The summed E-state index contributed by atoms with van der Waals surface area (Å²) in [5, 5.41) is 2.89. The predicted octanol–water partition coefficient (Wildman–Crippen LogP) is 5.15. The van der Waals surface area contributed by atoms with Crippen LogP contribution in [-0.2, 0) is 10.5 Å². The van der Waals surface area contributed by atoms with Crippen molar-refractivity contribution in [2.45, 2.75) is 17.0 Å². The van der Waals surface area contributed by atoms with Crippen molar-refractivity contribution in [2.24, 2.45) is 0 Å². The summed E-state index contributed by atoms with van der Waals surface area (Å²) in [5.74, 6) is 0.956. The molecule has 0 bridgehead atoms. The minimum Gasteiger partial charge on any atom is -0.375 e. The molecule has 33 heavy (non-hydrogen) atoms. The number of nitrogens with one attached hydrogen (secondary N) is 1. The van der Waals surface area contributed by atoms with E-state index in [9.17, 15) is 9.59 Å². The maximum atomic E-state index is 12.3. The van der Waals surface area contributed by atoms with Gasteiger partial charge in [0, 0.05) is 29.6 Å². The van der Waals surface area contributed by atoms with Crippen LogP contribution in [0.15, 0.2) is 80.4 Å². The third kappa shape index (κ3) is 4.89. The number of amides is 1. The van der Waals surface area contributed by atoms with E-state index in [1.54, 1.807) is 19.1 Å². The SMILES string of the molecule is Cc1cc2nc(CSc3nc4ccc(NC(=O)/C=C/c5ccccc5)cc4s3)cc(=O)n2o1. The standard InChI is InChI=1S/C24H18N4O3S2/c1-15-11-21-25-18(13-23(30)28(21)31-15)14-32-24-27-19-9-8-17(12-20(19)33-24)26-22(29)10-7-16-5-3-2-4-6-16/h2-13H,14H2,1H3,(H,26,29)/b10-7+. The van der Waals surface area contributed by atoms with Crippen molar-refractivity contribution in [3.8, 4) is 0 Å². The van der Waals surface area contributed by atoms with Crippen molar-refractivity contribution in [1.82, 2.24) is 14.5 Å². The van der Waals surface area contributed by atoms with Crippen molar-refractivity contribution in [1.29, 1.82) is 0 Å². The first kappa shape index (κ1) is 21.2. The lowest BCUT2D eigenvalue weighted by Gasteiger charge is -2.01. The van der Waals surface area contributed by atoms with Gasteiger partial charge in [-0.1, -0.05) is 42.1 Å². The first-order chi connectivity index (χ1) is 16.0. The molecule has 0 saturated carbocycles. The van der Waals surface area contributed by atoms with Gasteiger partial charge in [0.1, 0.15) is 5.76 Å². The summed E-state index contributed by atoms with van der Waals surface area (Å²) in [5.41, 5.74) is 3.46. The van der Waals surface area contributed by atoms with E-state index >= 15 is 0 Å². The lowest BCUT2D eigenvalue weighted by Crippen LogP contribution is -2.12. The fraction of sp³-hybridized carbons (Fsp3) is 0.0833. The molecular weight excluding hydrogens is 456 g/mol. The average Bonchev–Trinajstić information content (AvgIpc) is 3.39. The fourth-order valence-electron chi connectivity index (χ4n) is 3.25. The number of rotatable bonds is 6. The number of benzene rings is 2. The quantitative estimate of drug-likeness (QED) is 0.270. The lowest BCUT2D eigenvalue weighted by atomic mass is 10.2. The number of carbonyl (C=O) groups excluding carboxylic acids is 1. The van der Waals surface area contributed by atoms with E-state index in [0.29, 0.717) is 28.5 Å². The summed E-state index contributed by atoms with van der Waals surface area (Å²) in [6, 6.07) is 18.5. The number of thiazole rings is 1. The summed E-state index contributed by atoms with van der Waals surface area (Å²) in [7, 11) is 0. The molecule has 3 heterocycles. The number of hydrogen-bond donors (Lipinski definition) is 1. The Bertz CT molecular complexity index is 1550. The van der Waals surface area contributed by atoms with E-state index in [1.165, 1.54) is 39.8 Å². The van der Waals surface area contributed by atoms with Crippen molar-refractivity contribution in [3.05, 3.63) is 94.1 Å². The van der Waals surface area contributed by atoms with E-state index in [4.69, 9.17) is 4.52 Å². The fourth-order valence-corrected chi connectivity index (χ4v) is 5.25. The minimum atomic E-state index is -0.241. The summed E-state index contributed by atoms with van der Waals surface area (Å²) in [6.45, 7) is 1.78. The molecule has 7 nitrogen and oxygen atoms in total. The molecule has 0 saturated heterocycles. The van der Waals surface area contributed by atoms with E-state index in [2.05, 4.69) is 15.3 Å². The molecule has 1 amide bonds. The second-order valence-electron chi connectivity index (χ2n) is 7.27. The molecule has 0 atom stereocenters. The molecule has 5 rings (SSSR count). The van der Waals surface area contributed by atoms with Crippen LogP contribution in [0.3, 0.4) is 0 Å². The van der Waals surface area contributed by atoms with Gasteiger partial charge < -0.3 is 9.84 Å². The molecule has 164 valence electrons. The van der Waals surface area contributed by atoms with Crippen LogP contribution < -0.4 is 10.9 Å². The van der Waals surface area contributed by atoms with E-state index in [0.717, 1.165) is 20.1 Å². The molecular formula is C24H18N4O3S2. The maximum Gasteiger partial charge on any atom is 0.287 e. The molecule has 1 N–H and O–H groups in total. The summed E-state index contributed by atoms with van der Waals surface area (Å²) < 4.78 is 8.34. The highest BCUT2D eigenvalue weighted by Gasteiger charge is 2.10. The van der Waals surface area contributed by atoms with Crippen LogP contribution in [0.1, 0.15) is 17.0 Å². The smallest absolute Gasteiger partial charge is 0.287 e. The summed E-state index contributed by atoms with van der Waals surface area (Å²) in [4.78, 5) is 33.6. The average molecular weight is 475 g/mol. The Morgan fingerprint density at radius 1 is 1.15 bits per heavy atom. The zero-order chi connectivity index (χ0) is 22.8. The van der Waals surface area contributed by atoms with Gasteiger partial charge in [-0.25, -0.2) is 9.97 Å². The molecule has 0 fully saturated rings. The highest BCUT2D eigenvalue weighted by atomic mass is 32.2. The van der Waals surface area contributed by atoms with Gasteiger partial charge in [0.05, 0.1) is 15.9 Å². The molecule has 3 aromatic heterocycles. The molecule has 0 aliphatic rings. The topological polar surface area (TPSA) is 89.5 Å². The minimum absolute atomic E-state index is 0.195. The number of fused-ring (bicyclic) bond motifs is 2. The van der Waals surface area contributed by atoms with E-state index in [-0.39, 0.29) is 11.5 Å². The summed E-state index contributed by atoms with van der Waals surface area (Å²) in [6.07, 6.45) is 3.29. The van der Waals surface area contributed by atoms with Crippen LogP contribution in [-0.4, -0.2) is 20.4 Å². The Morgan fingerprint density at radius 3 is 2.85 bits per heavy atom. The lowest BCUT2D eigenvalue weighted by molar-refractivity contribution is -0.111. The number of nitrogens with zero attached hydrogens (tertiary/aromatic N) is 3. The second-order valence-corrected chi connectivity index (χ2v) is 9.52. The molecule has 0 aliphatic heterocycles. The second kappa shape index (κ2) is 9.05. The molecule has 2 aromatic carbocycles. The number of anilines is 1. The van der Waals surface area contributed by atoms with Crippen LogP contribution >= 0.6 is 23.1 Å². The third-order valence-corrected chi connectivity index (χ3v) is 6.93. The van der Waals surface area contributed by atoms with Gasteiger partial charge in [0.25, 0.3) is 5.56 Å². The molecule has 0 radical (unpaired) electrons. The Morgan fingerprint density at radius 2 is 2.00 bits per heavy atom. The summed E-state index contributed by atoms with van der Waals surface area (Å²) >= 11 is 3.05. The molecule has 0 aliphatic carbocycles. The van der Waals surface area contributed by atoms with Crippen molar-refractivity contribution < 1.29 is 9.32 Å². The Kier molecular flexibility index (Phi) is 5.80. The first-order valence-corrected chi connectivity index (χ1v) is 11.9. The third-order valence-electron chi connectivity index (χ3n) is 4.73. The zero-order valence-corrected chi connectivity index (χ0v) is 19.2. The van der Waals surface area contributed by atoms with Gasteiger partial charge >= 0.3 is 0 Å². The molecule has 0 spiro atoms. The van der Waals surface area contributed by atoms with E-state index in [1.807, 2.05) is 48.5 Å². The number of hydrogen-bond acceptors (Lipinski definition) is 7. The van der Waals surface area contributed by atoms with Crippen LogP contribution in [0.2, 0.25) is 0 Å². The normalized spacial score (nSPS) is 11.5. The largest absolute Gasteiger partial charge is 0.375 e. The van der Waals surface area contributed by atoms with Gasteiger partial charge in [-0.2, -0.15) is 0 Å². The maximum absolute atomic E-state index is 12.3. The van der Waals surface area contributed by atoms with Gasteiger partial charge in [-0.15, -0.1) is 15.9 Å². The van der Waals surface area contributed by atoms with Crippen LogP contribution in [0.4, 0.5) is 5.69 Å². The Hall–Kier alpha value is -3.69. The number of aromatic nitrogens is 3. The van der Waals surface area contributed by atoms with Crippen molar-refractivity contribution >= 4 is 56.6 Å². The Labute approximate surface area is 196 Å². The molecule has 9 heteroatoms. The van der Waals surface area contributed by atoms with Crippen LogP contribution in [0.25, 0.3) is 21.9 Å². The van der Waals surface area contributed by atoms with Crippen molar-refractivity contribution in [2.75, 3.05) is 5.32 Å². The number of carbonyl (C=O) groups is 1. The van der Waals surface area contributed by atoms with Gasteiger partial charge in [-0.05, 0) is 36.8 Å². The van der Waals surface area contributed by atoms with Gasteiger partial charge in [-0.3, -0.25) is 9.59 Å². The van der Waals surface area contributed by atoms with Crippen molar-refractivity contribution in [3.63, 3.8) is 0 Å². The van der Waals surface area contributed by atoms with Crippen LogP contribution in [0.5, 0.6) is 0 Å². The molecule has 5 aromatic rings. The van der Waals surface area contributed by atoms with Gasteiger partial charge in [0.2, 0.25) is 5.91 Å². The van der Waals surface area contributed by atoms with Crippen LogP contribution in [0, 0.1) is 6.92 Å². The Balaban J connectivity index is 1.27. The zero-order valence-electron chi connectivity index (χ0n) is 17.5. The highest BCUT2D eigenvalue weighted by molar-refractivity contribution is 8.00. The monoisotopic (exact) mass is 474 g/mol. The highest BCUT2D eigenvalue weighted by Crippen LogP contribution is 2.32. The first-order valence-electron chi connectivity index (χ1n) is 10.1. The van der Waals surface area contributed by atoms with Gasteiger partial charge in [0.15, 0.2) is 9.99 Å². The predicted molar refractivity (Wildman–Crippen MR) is 132 cm³/mol. The van der Waals surface area contributed by atoms with E-state index < -0.39 is 0 Å².